The molecule has 4 aromatic rings. The quantitative estimate of drug-likeness (QED) is 0.386. The molecule has 0 bridgehead atoms. The van der Waals surface area contributed by atoms with Gasteiger partial charge in [-0.3, -0.25) is 4.98 Å². The van der Waals surface area contributed by atoms with Gasteiger partial charge in [0.1, 0.15) is 0 Å². The molecule has 1 aromatic heterocycles. The minimum absolute atomic E-state index is 0.783. The average molecular weight is 357 g/mol. The van der Waals surface area contributed by atoms with Crippen LogP contribution in [0.25, 0.3) is 22.0 Å². The van der Waals surface area contributed by atoms with Gasteiger partial charge in [-0.15, -0.1) is 0 Å². The van der Waals surface area contributed by atoms with E-state index >= 15 is 0 Å². The topological polar surface area (TPSA) is 16.1 Å². The van der Waals surface area contributed by atoms with Crippen molar-refractivity contribution < 1.29 is 0 Å². The maximum absolute atomic E-state index is 6.64. The van der Waals surface area contributed by atoms with Crippen molar-refractivity contribution in [2.45, 2.75) is 13.5 Å². The van der Waals surface area contributed by atoms with Gasteiger partial charge in [-0.1, -0.05) is 59.6 Å². The monoisotopic (exact) mass is 356 g/mol. The van der Waals surface area contributed by atoms with Gasteiger partial charge in [0, 0.05) is 23.7 Å². The first-order valence-corrected chi connectivity index (χ1v) is 9.10. The Labute approximate surface area is 157 Å². The van der Waals surface area contributed by atoms with Gasteiger partial charge < -0.3 is 4.90 Å². The molecule has 26 heavy (non-hydrogen) atoms. The third-order valence-corrected chi connectivity index (χ3v) is 5.36. The zero-order chi connectivity index (χ0) is 17.7. The number of benzene rings is 3. The number of para-hydroxylation sites is 1. The van der Waals surface area contributed by atoms with Gasteiger partial charge in [-0.2, -0.15) is 0 Å². The zero-order valence-corrected chi connectivity index (χ0v) is 15.2. The Hall–Kier alpha value is -2.84. The Morgan fingerprint density at radius 2 is 1.73 bits per heavy atom. The highest BCUT2D eigenvalue weighted by molar-refractivity contribution is 6.34. The standard InChI is InChI=1S/C23H17ClN2/c1-15-10-11-18-17(13-15)14-26(20-8-3-7-19(24)22(18)20)21-9-2-5-16-6-4-12-25-23(16)21/h2-13H,14H2,1H3. The summed E-state index contributed by atoms with van der Waals surface area (Å²) in [4.78, 5) is 6.98. The number of anilines is 2. The van der Waals surface area contributed by atoms with Crippen molar-refractivity contribution in [2.75, 3.05) is 4.90 Å². The van der Waals surface area contributed by atoms with Gasteiger partial charge in [-0.05, 0) is 42.3 Å². The van der Waals surface area contributed by atoms with Gasteiger partial charge in [0.2, 0.25) is 0 Å². The molecule has 0 spiro atoms. The molecule has 0 amide bonds. The van der Waals surface area contributed by atoms with Crippen LogP contribution in [0.1, 0.15) is 11.1 Å². The van der Waals surface area contributed by atoms with Crippen LogP contribution < -0.4 is 4.90 Å². The van der Waals surface area contributed by atoms with E-state index in [9.17, 15) is 0 Å². The molecule has 0 saturated heterocycles. The molecule has 3 aromatic carbocycles. The Morgan fingerprint density at radius 3 is 2.65 bits per heavy atom. The van der Waals surface area contributed by atoms with Crippen molar-refractivity contribution in [3.05, 3.63) is 89.1 Å². The highest BCUT2D eigenvalue weighted by atomic mass is 35.5. The normalized spacial score (nSPS) is 12.8. The van der Waals surface area contributed by atoms with Crippen molar-refractivity contribution >= 4 is 33.9 Å². The molecular weight excluding hydrogens is 340 g/mol. The fraction of sp³-hybridized carbons (Fsp3) is 0.0870. The highest BCUT2D eigenvalue weighted by Crippen LogP contribution is 2.47. The van der Waals surface area contributed by atoms with Crippen molar-refractivity contribution in [3.63, 3.8) is 0 Å². The molecule has 0 atom stereocenters. The summed E-state index contributed by atoms with van der Waals surface area (Å²) in [6.07, 6.45) is 1.85. The Bertz CT molecular complexity index is 1140. The molecule has 0 unspecified atom stereocenters. The van der Waals surface area contributed by atoms with Gasteiger partial charge in [0.25, 0.3) is 0 Å². The molecule has 126 valence electrons. The third kappa shape index (κ3) is 2.30. The molecule has 2 nitrogen and oxygen atoms in total. The van der Waals surface area contributed by atoms with Crippen LogP contribution >= 0.6 is 11.6 Å². The molecule has 3 heteroatoms. The fourth-order valence-corrected chi connectivity index (χ4v) is 4.15. The minimum atomic E-state index is 0.783. The number of hydrogen-bond donors (Lipinski definition) is 0. The lowest BCUT2D eigenvalue weighted by molar-refractivity contribution is 0.961. The third-order valence-electron chi connectivity index (χ3n) is 5.04. The number of aryl methyl sites for hydroxylation is 1. The fourth-order valence-electron chi connectivity index (χ4n) is 3.88. The number of aromatic nitrogens is 1. The number of pyridine rings is 1. The summed E-state index contributed by atoms with van der Waals surface area (Å²) in [5.74, 6) is 0. The van der Waals surface area contributed by atoms with E-state index in [1.54, 1.807) is 0 Å². The predicted molar refractivity (Wildman–Crippen MR) is 109 cm³/mol. The van der Waals surface area contributed by atoms with Crippen LogP contribution in [0.4, 0.5) is 11.4 Å². The average Bonchev–Trinajstić information content (AvgIpc) is 2.67. The van der Waals surface area contributed by atoms with Crippen LogP contribution in [0.2, 0.25) is 5.02 Å². The summed E-state index contributed by atoms with van der Waals surface area (Å²) < 4.78 is 0. The van der Waals surface area contributed by atoms with Crippen LogP contribution in [-0.4, -0.2) is 4.98 Å². The number of halogens is 1. The minimum Gasteiger partial charge on any atom is -0.335 e. The van der Waals surface area contributed by atoms with E-state index in [0.717, 1.165) is 39.4 Å². The first-order chi connectivity index (χ1) is 12.7. The molecule has 0 N–H and O–H groups in total. The van der Waals surface area contributed by atoms with Crippen LogP contribution in [0.3, 0.4) is 0 Å². The predicted octanol–water partition coefficient (Wildman–Crippen LogP) is 6.52. The van der Waals surface area contributed by atoms with Gasteiger partial charge in [0.15, 0.2) is 0 Å². The molecule has 1 aliphatic heterocycles. The molecule has 0 fully saturated rings. The summed E-state index contributed by atoms with van der Waals surface area (Å²) in [5.41, 5.74) is 8.13. The molecule has 0 saturated carbocycles. The smallest absolute Gasteiger partial charge is 0.0938 e. The van der Waals surface area contributed by atoms with E-state index in [0.29, 0.717) is 0 Å². The Balaban J connectivity index is 1.80. The van der Waals surface area contributed by atoms with E-state index in [1.165, 1.54) is 16.7 Å². The van der Waals surface area contributed by atoms with E-state index < -0.39 is 0 Å². The SMILES string of the molecule is Cc1ccc2c(c1)CN(c1cccc3cccnc13)c1cccc(Cl)c1-2. The molecule has 0 aliphatic carbocycles. The van der Waals surface area contributed by atoms with Crippen LogP contribution in [0.5, 0.6) is 0 Å². The van der Waals surface area contributed by atoms with Crippen molar-refractivity contribution in [1.29, 1.82) is 0 Å². The van der Waals surface area contributed by atoms with Gasteiger partial charge in [-0.25, -0.2) is 0 Å². The van der Waals surface area contributed by atoms with Gasteiger partial charge >= 0.3 is 0 Å². The molecule has 1 aliphatic rings. The summed E-state index contributed by atoms with van der Waals surface area (Å²) in [6.45, 7) is 2.94. The Kier molecular flexibility index (Phi) is 3.47. The second kappa shape index (κ2) is 5.86. The van der Waals surface area contributed by atoms with Crippen LogP contribution in [0, 0.1) is 6.92 Å². The molecular formula is C23H17ClN2. The maximum Gasteiger partial charge on any atom is 0.0938 e. The van der Waals surface area contributed by atoms with Crippen LogP contribution in [0.15, 0.2) is 72.9 Å². The lowest BCUT2D eigenvalue weighted by atomic mass is 9.91. The summed E-state index contributed by atoms with van der Waals surface area (Å²) in [5, 5.41) is 1.93. The number of hydrogen-bond acceptors (Lipinski definition) is 2. The lowest BCUT2D eigenvalue weighted by Crippen LogP contribution is -2.22. The molecule has 2 heterocycles. The summed E-state index contributed by atoms with van der Waals surface area (Å²) in [7, 11) is 0. The van der Waals surface area contributed by atoms with E-state index in [2.05, 4.69) is 65.3 Å². The first-order valence-electron chi connectivity index (χ1n) is 8.72. The van der Waals surface area contributed by atoms with Crippen LogP contribution in [-0.2, 0) is 6.54 Å². The first kappa shape index (κ1) is 15.4. The highest BCUT2D eigenvalue weighted by Gasteiger charge is 2.26. The van der Waals surface area contributed by atoms with E-state index in [-0.39, 0.29) is 0 Å². The van der Waals surface area contributed by atoms with E-state index in [4.69, 9.17) is 11.6 Å². The summed E-state index contributed by atoms with van der Waals surface area (Å²) >= 11 is 6.64. The maximum atomic E-state index is 6.64. The second-order valence-corrected chi connectivity index (χ2v) is 7.14. The van der Waals surface area contributed by atoms with Gasteiger partial charge in [0.05, 0.1) is 21.9 Å². The largest absolute Gasteiger partial charge is 0.335 e. The lowest BCUT2D eigenvalue weighted by Gasteiger charge is -2.34. The number of fused-ring (bicyclic) bond motifs is 4. The number of rotatable bonds is 1. The van der Waals surface area contributed by atoms with Crippen molar-refractivity contribution in [2.24, 2.45) is 0 Å². The summed E-state index contributed by atoms with van der Waals surface area (Å²) in [6, 6.07) is 23.1. The van der Waals surface area contributed by atoms with Crippen molar-refractivity contribution in [1.82, 2.24) is 4.98 Å². The molecule has 5 rings (SSSR count). The second-order valence-electron chi connectivity index (χ2n) is 6.73. The number of nitrogens with zero attached hydrogens (tertiary/aromatic N) is 2. The van der Waals surface area contributed by atoms with Crippen molar-refractivity contribution in [3.8, 4) is 11.1 Å². The Morgan fingerprint density at radius 1 is 0.923 bits per heavy atom. The van der Waals surface area contributed by atoms with E-state index in [1.807, 2.05) is 24.4 Å². The zero-order valence-electron chi connectivity index (χ0n) is 14.4. The molecule has 0 radical (unpaired) electrons.